The molecular formula is C40H46ClN7O4S. The predicted octanol–water partition coefficient (Wildman–Crippen LogP) is 6.13. The van der Waals surface area contributed by atoms with Gasteiger partial charge in [-0.3, -0.25) is 9.69 Å². The molecule has 0 aliphatic carbocycles. The Morgan fingerprint density at radius 2 is 1.81 bits per heavy atom. The van der Waals surface area contributed by atoms with Crippen molar-refractivity contribution >= 4 is 58.5 Å². The second-order valence-electron chi connectivity index (χ2n) is 13.7. The van der Waals surface area contributed by atoms with E-state index in [0.29, 0.717) is 51.9 Å². The Labute approximate surface area is 321 Å². The van der Waals surface area contributed by atoms with Gasteiger partial charge in [-0.25, -0.2) is 4.79 Å². The zero-order valence-corrected chi connectivity index (χ0v) is 31.5. The molecule has 0 radical (unpaired) electrons. The van der Waals surface area contributed by atoms with Gasteiger partial charge in [0.25, 0.3) is 0 Å². The maximum Gasteiger partial charge on any atom is 0.407 e. The van der Waals surface area contributed by atoms with Crippen molar-refractivity contribution in [3.05, 3.63) is 95.2 Å². The first kappa shape index (κ1) is 36.8. The Bertz CT molecular complexity index is 1950. The van der Waals surface area contributed by atoms with E-state index < -0.39 is 6.09 Å². The molecule has 4 heterocycles. The second-order valence-corrected chi connectivity index (χ2v) is 14.7. The maximum atomic E-state index is 12.3. The zero-order valence-electron chi connectivity index (χ0n) is 29.9. The first-order valence-electron chi connectivity index (χ1n) is 18.4. The van der Waals surface area contributed by atoms with Gasteiger partial charge in [-0.2, -0.15) is 9.97 Å². The molecule has 1 unspecified atom stereocenters. The summed E-state index contributed by atoms with van der Waals surface area (Å²) >= 11 is 11.1. The van der Waals surface area contributed by atoms with Gasteiger partial charge < -0.3 is 29.5 Å². The van der Waals surface area contributed by atoms with Crippen LogP contribution in [0.3, 0.4) is 0 Å². The number of benzene rings is 3. The molecule has 1 N–H and O–H groups in total. The Morgan fingerprint density at radius 1 is 1.00 bits per heavy atom. The SMILES string of the molecule is C=CC(=O)N1CCN(c2nc(OCC3CCCN3CCCNC(=O)OCc3cccc(S)c3)nc3c2CCN(c2cccc4cccc(Cl)c24)C3)CC1. The number of hydrogen-bond acceptors (Lipinski definition) is 10. The van der Waals surface area contributed by atoms with E-state index in [0.717, 1.165) is 94.3 Å². The van der Waals surface area contributed by atoms with Crippen LogP contribution in [0.15, 0.2) is 78.2 Å². The minimum atomic E-state index is -0.424. The number of thiol groups is 1. The number of carbonyl (C=O) groups excluding carboxylic acids is 2. The summed E-state index contributed by atoms with van der Waals surface area (Å²) in [6.07, 6.45) is 4.63. The molecule has 7 rings (SSSR count). The number of carbonyl (C=O) groups is 2. The zero-order chi connectivity index (χ0) is 36.7. The van der Waals surface area contributed by atoms with Crippen LogP contribution in [-0.4, -0.2) is 96.8 Å². The fraction of sp³-hybridized carbons (Fsp3) is 0.400. The first-order chi connectivity index (χ1) is 25.9. The van der Waals surface area contributed by atoms with E-state index in [1.165, 1.54) is 6.08 Å². The molecule has 53 heavy (non-hydrogen) atoms. The molecule has 3 aromatic carbocycles. The highest BCUT2D eigenvalue weighted by atomic mass is 35.5. The van der Waals surface area contributed by atoms with Crippen molar-refractivity contribution in [1.29, 1.82) is 0 Å². The fourth-order valence-corrected chi connectivity index (χ4v) is 8.13. The summed E-state index contributed by atoms with van der Waals surface area (Å²) in [7, 11) is 0. The van der Waals surface area contributed by atoms with Gasteiger partial charge in [0.05, 0.1) is 17.3 Å². The number of ether oxygens (including phenoxy) is 2. The lowest BCUT2D eigenvalue weighted by atomic mass is 10.0. The monoisotopic (exact) mass is 755 g/mol. The van der Waals surface area contributed by atoms with Crippen molar-refractivity contribution in [3.8, 4) is 6.01 Å². The van der Waals surface area contributed by atoms with Crippen LogP contribution < -0.4 is 19.9 Å². The van der Waals surface area contributed by atoms with E-state index in [9.17, 15) is 9.59 Å². The lowest BCUT2D eigenvalue weighted by molar-refractivity contribution is -0.126. The molecule has 0 saturated carbocycles. The van der Waals surface area contributed by atoms with E-state index in [2.05, 4.69) is 63.5 Å². The molecule has 0 bridgehead atoms. The summed E-state index contributed by atoms with van der Waals surface area (Å²) in [5, 5.41) is 5.75. The van der Waals surface area contributed by atoms with E-state index in [1.54, 1.807) is 0 Å². The number of rotatable bonds is 12. The van der Waals surface area contributed by atoms with Gasteiger partial charge in [0.2, 0.25) is 5.91 Å². The Balaban J connectivity index is 1.01. The molecule has 3 aliphatic heterocycles. The van der Waals surface area contributed by atoms with Gasteiger partial charge in [-0.1, -0.05) is 54.6 Å². The van der Waals surface area contributed by atoms with Gasteiger partial charge in [-0.15, -0.1) is 12.6 Å². The number of nitrogens with zero attached hydrogens (tertiary/aromatic N) is 6. The van der Waals surface area contributed by atoms with Gasteiger partial charge in [0.15, 0.2) is 0 Å². The van der Waals surface area contributed by atoms with Crippen molar-refractivity contribution in [1.82, 2.24) is 25.1 Å². The van der Waals surface area contributed by atoms with E-state index in [4.69, 9.17) is 31.0 Å². The van der Waals surface area contributed by atoms with Crippen LogP contribution in [0.2, 0.25) is 5.02 Å². The number of nitrogens with one attached hydrogen (secondary N) is 1. The number of hydrogen-bond donors (Lipinski definition) is 2. The number of alkyl carbamates (subject to hydrolysis) is 1. The lowest BCUT2D eigenvalue weighted by Gasteiger charge is -2.38. The molecule has 2 amide bonds. The number of anilines is 2. The summed E-state index contributed by atoms with van der Waals surface area (Å²) in [5.41, 5.74) is 4.07. The minimum Gasteiger partial charge on any atom is -0.462 e. The smallest absolute Gasteiger partial charge is 0.407 e. The molecule has 0 spiro atoms. The number of halogens is 1. The van der Waals surface area contributed by atoms with Crippen LogP contribution in [-0.2, 0) is 29.1 Å². The molecule has 13 heteroatoms. The molecule has 2 saturated heterocycles. The van der Waals surface area contributed by atoms with Crippen molar-refractivity contribution in [2.75, 3.05) is 68.8 Å². The molecule has 4 aromatic rings. The van der Waals surface area contributed by atoms with Gasteiger partial charge in [-0.05, 0) is 73.5 Å². The van der Waals surface area contributed by atoms with Crippen LogP contribution in [0.25, 0.3) is 10.8 Å². The standard InChI is InChI=1S/C40H46ClN7O4S/c1-2-36(49)46-20-22-47(23-21-46)38-32-15-19-48(35-14-5-10-29-9-4-13-33(41)37(29)35)25-34(32)43-39(44-38)51-27-30-11-6-17-45(30)18-7-16-42-40(50)52-26-28-8-3-12-31(53)24-28/h2-5,8-10,12-14,24,30,53H,1,6-7,11,15-23,25-27H2,(H,42,50). The molecule has 1 atom stereocenters. The summed E-state index contributed by atoms with van der Waals surface area (Å²) < 4.78 is 11.8. The largest absolute Gasteiger partial charge is 0.462 e. The predicted molar refractivity (Wildman–Crippen MR) is 211 cm³/mol. The first-order valence-corrected chi connectivity index (χ1v) is 19.2. The Morgan fingerprint density at radius 3 is 2.62 bits per heavy atom. The number of fused-ring (bicyclic) bond motifs is 2. The number of likely N-dealkylation sites (tertiary alicyclic amines) is 1. The molecule has 2 fully saturated rings. The topological polar surface area (TPSA) is 103 Å². The van der Waals surface area contributed by atoms with Crippen LogP contribution in [0, 0.1) is 0 Å². The average molecular weight is 756 g/mol. The number of amides is 2. The third-order valence-electron chi connectivity index (χ3n) is 10.3. The van der Waals surface area contributed by atoms with Crippen molar-refractivity contribution in [2.45, 2.75) is 49.8 Å². The summed E-state index contributed by atoms with van der Waals surface area (Å²) in [5.74, 6) is 0.848. The van der Waals surface area contributed by atoms with Crippen LogP contribution in [0.5, 0.6) is 6.01 Å². The van der Waals surface area contributed by atoms with E-state index in [-0.39, 0.29) is 18.6 Å². The highest BCUT2D eigenvalue weighted by molar-refractivity contribution is 7.80. The summed E-state index contributed by atoms with van der Waals surface area (Å²) in [4.78, 5) is 44.3. The third kappa shape index (κ3) is 8.83. The van der Waals surface area contributed by atoms with Crippen LogP contribution >= 0.6 is 24.2 Å². The quantitative estimate of drug-likeness (QED) is 0.101. The van der Waals surface area contributed by atoms with Crippen LogP contribution in [0.4, 0.5) is 16.3 Å². The van der Waals surface area contributed by atoms with Crippen molar-refractivity contribution in [2.24, 2.45) is 0 Å². The third-order valence-corrected chi connectivity index (χ3v) is 10.9. The molecule has 3 aliphatic rings. The second kappa shape index (κ2) is 17.1. The highest BCUT2D eigenvalue weighted by Crippen LogP contribution is 2.37. The maximum absolute atomic E-state index is 12.3. The minimum absolute atomic E-state index is 0.0461. The number of aromatic nitrogens is 2. The lowest BCUT2D eigenvalue weighted by Crippen LogP contribution is -2.49. The molecule has 11 nitrogen and oxygen atoms in total. The van der Waals surface area contributed by atoms with Gasteiger partial charge in [0.1, 0.15) is 19.0 Å². The highest BCUT2D eigenvalue weighted by Gasteiger charge is 2.30. The van der Waals surface area contributed by atoms with Crippen molar-refractivity contribution < 1.29 is 19.1 Å². The van der Waals surface area contributed by atoms with Crippen molar-refractivity contribution in [3.63, 3.8) is 0 Å². The van der Waals surface area contributed by atoms with Gasteiger partial charge >= 0.3 is 12.1 Å². The number of piperazine rings is 1. The Hall–Kier alpha value is -4.52. The van der Waals surface area contributed by atoms with Crippen LogP contribution in [0.1, 0.15) is 36.1 Å². The van der Waals surface area contributed by atoms with Gasteiger partial charge in [0, 0.05) is 73.4 Å². The molecule has 278 valence electrons. The fourth-order valence-electron chi connectivity index (χ4n) is 7.60. The Kier molecular flexibility index (Phi) is 11.9. The van der Waals surface area contributed by atoms with E-state index in [1.807, 2.05) is 41.3 Å². The normalized spacial score (nSPS) is 17.5. The summed E-state index contributed by atoms with van der Waals surface area (Å²) in [6, 6.07) is 20.5. The molecule has 1 aromatic heterocycles. The molecular weight excluding hydrogens is 710 g/mol. The van der Waals surface area contributed by atoms with E-state index >= 15 is 0 Å². The summed E-state index contributed by atoms with van der Waals surface area (Å²) in [6.45, 7) is 10.6. The average Bonchev–Trinajstić information content (AvgIpc) is 3.64.